The maximum atomic E-state index is 10.7. The molecule has 5 nitrogen and oxygen atoms in total. The summed E-state index contributed by atoms with van der Waals surface area (Å²) >= 11 is 0. The highest BCUT2D eigenvalue weighted by atomic mass is 16.6. The normalized spacial score (nSPS) is 13.6. The summed E-state index contributed by atoms with van der Waals surface area (Å²) < 4.78 is 0. The Morgan fingerprint density at radius 1 is 1.32 bits per heavy atom. The number of nitro benzene ring substituents is 1. The van der Waals surface area contributed by atoms with E-state index < -0.39 is 0 Å². The van der Waals surface area contributed by atoms with Gasteiger partial charge in [-0.25, -0.2) is 0 Å². The summed E-state index contributed by atoms with van der Waals surface area (Å²) in [4.78, 5) is 12.6. The third-order valence-electron chi connectivity index (χ3n) is 3.29. The summed E-state index contributed by atoms with van der Waals surface area (Å²) in [6.07, 6.45) is 0. The van der Waals surface area contributed by atoms with Crippen LogP contribution < -0.4 is 5.73 Å². The summed E-state index contributed by atoms with van der Waals surface area (Å²) in [5.74, 6) is 0. The van der Waals surface area contributed by atoms with E-state index >= 15 is 0 Å². The molecule has 0 radical (unpaired) electrons. The second kappa shape index (κ2) is 6.12. The number of non-ortho nitro benzene ring substituents is 1. The number of nitro groups is 1. The molecule has 0 aliphatic carbocycles. The van der Waals surface area contributed by atoms with E-state index in [-0.39, 0.29) is 22.2 Å². The Labute approximate surface area is 114 Å². The van der Waals surface area contributed by atoms with Crippen LogP contribution >= 0.6 is 0 Å². The molecule has 0 fully saturated rings. The fraction of sp³-hybridized carbons (Fsp3) is 0.571. The molecule has 1 unspecified atom stereocenters. The van der Waals surface area contributed by atoms with Crippen LogP contribution in [0.25, 0.3) is 0 Å². The van der Waals surface area contributed by atoms with Crippen molar-refractivity contribution in [1.82, 2.24) is 4.90 Å². The Bertz CT molecular complexity index is 423. The van der Waals surface area contributed by atoms with Gasteiger partial charge >= 0.3 is 0 Å². The lowest BCUT2D eigenvalue weighted by molar-refractivity contribution is -0.384. The van der Waals surface area contributed by atoms with Crippen LogP contribution in [0.2, 0.25) is 0 Å². The zero-order valence-electron chi connectivity index (χ0n) is 12.1. The van der Waals surface area contributed by atoms with E-state index in [2.05, 4.69) is 32.6 Å². The van der Waals surface area contributed by atoms with Gasteiger partial charge in [-0.05, 0) is 32.9 Å². The van der Waals surface area contributed by atoms with Crippen molar-refractivity contribution in [3.8, 4) is 0 Å². The first-order chi connectivity index (χ1) is 8.81. The minimum atomic E-state index is -0.386. The van der Waals surface area contributed by atoms with Gasteiger partial charge in [-0.2, -0.15) is 0 Å². The molecule has 1 aromatic carbocycles. The first-order valence-electron chi connectivity index (χ1n) is 6.52. The SMILES string of the molecule is CCN(C(CN)c1ccc([N+](=O)[O-])cc1)C(C)(C)C. The molecule has 0 aliphatic rings. The van der Waals surface area contributed by atoms with Crippen molar-refractivity contribution in [3.63, 3.8) is 0 Å². The van der Waals surface area contributed by atoms with Crippen LogP contribution in [0.4, 0.5) is 5.69 Å². The fourth-order valence-electron chi connectivity index (χ4n) is 2.42. The van der Waals surface area contributed by atoms with Crippen LogP contribution in [0.1, 0.15) is 39.3 Å². The molecular formula is C14H23N3O2. The van der Waals surface area contributed by atoms with E-state index in [0.717, 1.165) is 12.1 Å². The first-order valence-corrected chi connectivity index (χ1v) is 6.52. The van der Waals surface area contributed by atoms with Gasteiger partial charge in [-0.3, -0.25) is 15.0 Å². The fourth-order valence-corrected chi connectivity index (χ4v) is 2.42. The Balaban J connectivity index is 3.05. The molecule has 0 amide bonds. The quantitative estimate of drug-likeness (QED) is 0.656. The highest BCUT2D eigenvalue weighted by molar-refractivity contribution is 5.34. The maximum Gasteiger partial charge on any atom is 0.269 e. The second-order valence-corrected chi connectivity index (χ2v) is 5.56. The molecule has 1 rings (SSSR count). The molecule has 0 bridgehead atoms. The average Bonchev–Trinajstić information content (AvgIpc) is 2.34. The predicted molar refractivity (Wildman–Crippen MR) is 77.0 cm³/mol. The highest BCUT2D eigenvalue weighted by Gasteiger charge is 2.27. The van der Waals surface area contributed by atoms with Crippen molar-refractivity contribution in [2.24, 2.45) is 5.73 Å². The van der Waals surface area contributed by atoms with E-state index in [9.17, 15) is 10.1 Å². The van der Waals surface area contributed by atoms with Crippen LogP contribution in [-0.2, 0) is 0 Å². The van der Waals surface area contributed by atoms with Gasteiger partial charge in [0.05, 0.1) is 4.92 Å². The van der Waals surface area contributed by atoms with Crippen LogP contribution in [0.15, 0.2) is 24.3 Å². The molecule has 0 heterocycles. The number of nitrogens with zero attached hydrogens (tertiary/aromatic N) is 2. The molecule has 19 heavy (non-hydrogen) atoms. The first kappa shape index (κ1) is 15.6. The van der Waals surface area contributed by atoms with E-state index in [0.29, 0.717) is 6.54 Å². The highest BCUT2D eigenvalue weighted by Crippen LogP contribution is 2.28. The van der Waals surface area contributed by atoms with Gasteiger partial charge in [-0.15, -0.1) is 0 Å². The average molecular weight is 265 g/mol. The van der Waals surface area contributed by atoms with Crippen LogP contribution in [0.3, 0.4) is 0 Å². The molecule has 106 valence electrons. The zero-order chi connectivity index (χ0) is 14.6. The molecule has 5 heteroatoms. The number of likely N-dealkylation sites (N-methyl/N-ethyl adjacent to an activating group) is 1. The van der Waals surface area contributed by atoms with E-state index in [1.807, 2.05) is 0 Å². The second-order valence-electron chi connectivity index (χ2n) is 5.56. The Hall–Kier alpha value is -1.46. The number of rotatable bonds is 5. The molecule has 1 aromatic rings. The van der Waals surface area contributed by atoms with Crippen molar-refractivity contribution < 1.29 is 4.92 Å². The summed E-state index contributed by atoms with van der Waals surface area (Å²) in [6.45, 7) is 9.89. The summed E-state index contributed by atoms with van der Waals surface area (Å²) in [5, 5.41) is 10.7. The smallest absolute Gasteiger partial charge is 0.269 e. The van der Waals surface area contributed by atoms with Gasteiger partial charge in [0.1, 0.15) is 0 Å². The standard InChI is InChI=1S/C14H23N3O2/c1-5-16(14(2,3)4)13(10-15)11-6-8-12(9-7-11)17(18)19/h6-9,13H,5,10,15H2,1-4H3. The van der Waals surface area contributed by atoms with Crippen molar-refractivity contribution in [3.05, 3.63) is 39.9 Å². The largest absolute Gasteiger partial charge is 0.329 e. The Morgan fingerprint density at radius 2 is 1.84 bits per heavy atom. The van der Waals surface area contributed by atoms with E-state index in [1.165, 1.54) is 12.1 Å². The summed E-state index contributed by atoms with van der Waals surface area (Å²) in [7, 11) is 0. The lowest BCUT2D eigenvalue weighted by Gasteiger charge is -2.41. The van der Waals surface area contributed by atoms with Crippen LogP contribution in [0.5, 0.6) is 0 Å². The number of nitrogens with two attached hydrogens (primary N) is 1. The van der Waals surface area contributed by atoms with Crippen LogP contribution in [0, 0.1) is 10.1 Å². The van der Waals surface area contributed by atoms with Crippen molar-refractivity contribution >= 4 is 5.69 Å². The number of hydrogen-bond acceptors (Lipinski definition) is 4. The molecule has 2 N–H and O–H groups in total. The topological polar surface area (TPSA) is 72.4 Å². The molecular weight excluding hydrogens is 242 g/mol. The lowest BCUT2D eigenvalue weighted by Crippen LogP contribution is -2.46. The zero-order valence-corrected chi connectivity index (χ0v) is 12.1. The molecule has 0 saturated carbocycles. The van der Waals surface area contributed by atoms with Gasteiger partial charge in [0.25, 0.3) is 5.69 Å². The molecule has 1 atom stereocenters. The van der Waals surface area contributed by atoms with Gasteiger partial charge in [-0.1, -0.05) is 19.1 Å². The predicted octanol–water partition coefficient (Wildman–Crippen LogP) is 2.72. The Morgan fingerprint density at radius 3 is 2.16 bits per heavy atom. The summed E-state index contributed by atoms with van der Waals surface area (Å²) in [6, 6.07) is 6.74. The van der Waals surface area contributed by atoms with Crippen molar-refractivity contribution in [1.29, 1.82) is 0 Å². The monoisotopic (exact) mass is 265 g/mol. The molecule has 0 aromatic heterocycles. The third-order valence-corrected chi connectivity index (χ3v) is 3.29. The molecule has 0 spiro atoms. The van der Waals surface area contributed by atoms with E-state index in [4.69, 9.17) is 5.73 Å². The van der Waals surface area contributed by atoms with Crippen LogP contribution in [-0.4, -0.2) is 28.5 Å². The van der Waals surface area contributed by atoms with Gasteiger partial charge in [0.2, 0.25) is 0 Å². The number of hydrogen-bond donors (Lipinski definition) is 1. The molecule has 0 saturated heterocycles. The maximum absolute atomic E-state index is 10.7. The minimum absolute atomic E-state index is 0.000557. The Kier molecular flexibility index (Phi) is 5.03. The van der Waals surface area contributed by atoms with Gasteiger partial charge in [0, 0.05) is 30.3 Å². The third kappa shape index (κ3) is 3.75. The lowest BCUT2D eigenvalue weighted by atomic mass is 9.97. The summed E-state index contributed by atoms with van der Waals surface area (Å²) in [5.41, 5.74) is 7.03. The van der Waals surface area contributed by atoms with E-state index in [1.54, 1.807) is 12.1 Å². The van der Waals surface area contributed by atoms with Crippen molar-refractivity contribution in [2.45, 2.75) is 39.3 Å². The van der Waals surface area contributed by atoms with Gasteiger partial charge in [0.15, 0.2) is 0 Å². The van der Waals surface area contributed by atoms with Gasteiger partial charge < -0.3 is 5.73 Å². The molecule has 0 aliphatic heterocycles. The van der Waals surface area contributed by atoms with Crippen molar-refractivity contribution in [2.75, 3.05) is 13.1 Å². The number of benzene rings is 1. The minimum Gasteiger partial charge on any atom is -0.329 e.